The Labute approximate surface area is 267 Å². The first-order chi connectivity index (χ1) is 22.8. The average molecular weight is 651 g/mol. The van der Waals surface area contributed by atoms with E-state index in [9.17, 15) is 14.3 Å². The molecule has 11 nitrogen and oxygen atoms in total. The maximum atomic E-state index is 16.9. The standard InChI is InChI=1S/C33H33F3N6O5/c34-19-12-33(5-1-7-42(33)15-19)17-46-31-39-29-24-14-38-28(27(29)36)23-11-20(43)10-18-2-3-25(35)22(26(18)23)4-9-45-32(44)47-21-13-37-6-8-41(16-21)30(24)40-31/h2-3,10-11,14,19,21,37,43H,1,4-9,12-13,15-17H2/t19-,21?,33+/m1/s1. The summed E-state index contributed by atoms with van der Waals surface area (Å²) in [7, 11) is 0. The summed E-state index contributed by atoms with van der Waals surface area (Å²) >= 11 is 0. The van der Waals surface area contributed by atoms with Crippen molar-refractivity contribution >= 4 is 33.6 Å². The molecule has 6 bridgehead atoms. The summed E-state index contributed by atoms with van der Waals surface area (Å²) < 4.78 is 64.0. The Balaban J connectivity index is 1.32. The highest BCUT2D eigenvalue weighted by Crippen LogP contribution is 2.42. The largest absolute Gasteiger partial charge is 0.508 e. The van der Waals surface area contributed by atoms with Gasteiger partial charge in [-0.2, -0.15) is 9.97 Å². The number of alkyl halides is 1. The van der Waals surface area contributed by atoms with Crippen LogP contribution in [0.15, 0.2) is 30.5 Å². The van der Waals surface area contributed by atoms with Crippen LogP contribution in [0.25, 0.3) is 32.9 Å². The Bertz CT molecular complexity index is 1900. The first kappa shape index (κ1) is 29.9. The van der Waals surface area contributed by atoms with E-state index in [2.05, 4.69) is 20.2 Å². The number of aromatic nitrogens is 3. The topological polar surface area (TPSA) is 122 Å². The van der Waals surface area contributed by atoms with E-state index in [0.717, 1.165) is 19.4 Å². The highest BCUT2D eigenvalue weighted by molar-refractivity contribution is 6.01. The molecule has 2 aromatic carbocycles. The molecule has 3 saturated heterocycles. The molecule has 14 heteroatoms. The fraction of sp³-hybridized carbons (Fsp3) is 0.455. The third-order valence-electron chi connectivity index (χ3n) is 9.77. The molecule has 0 spiro atoms. The predicted molar refractivity (Wildman–Crippen MR) is 165 cm³/mol. The third kappa shape index (κ3) is 5.32. The Kier molecular flexibility index (Phi) is 7.43. The minimum Gasteiger partial charge on any atom is -0.508 e. The van der Waals surface area contributed by atoms with Crippen LogP contribution in [0.1, 0.15) is 24.8 Å². The lowest BCUT2D eigenvalue weighted by Crippen LogP contribution is -2.43. The lowest BCUT2D eigenvalue weighted by molar-refractivity contribution is 0.0279. The number of hydrogen-bond donors (Lipinski definition) is 2. The van der Waals surface area contributed by atoms with Gasteiger partial charge in [0, 0.05) is 50.8 Å². The number of carbonyl (C=O) groups is 1. The molecular weight excluding hydrogens is 617 g/mol. The smallest absolute Gasteiger partial charge is 0.508 e. The minimum absolute atomic E-state index is 0.0386. The van der Waals surface area contributed by atoms with Gasteiger partial charge in [0.1, 0.15) is 47.5 Å². The number of pyridine rings is 1. The van der Waals surface area contributed by atoms with Crippen molar-refractivity contribution in [2.75, 3.05) is 57.4 Å². The molecule has 5 aliphatic rings. The number of nitrogens with one attached hydrogen (secondary N) is 1. The van der Waals surface area contributed by atoms with Crippen LogP contribution in [0.5, 0.6) is 11.8 Å². The highest BCUT2D eigenvalue weighted by Gasteiger charge is 2.49. The first-order valence-corrected chi connectivity index (χ1v) is 15.9. The van der Waals surface area contributed by atoms with E-state index < -0.39 is 35.6 Å². The quantitative estimate of drug-likeness (QED) is 0.309. The van der Waals surface area contributed by atoms with Crippen LogP contribution in [-0.2, 0) is 15.9 Å². The number of carbonyl (C=O) groups excluding carboxylic acids is 1. The van der Waals surface area contributed by atoms with Gasteiger partial charge in [-0.15, -0.1) is 0 Å². The van der Waals surface area contributed by atoms with Crippen molar-refractivity contribution in [2.24, 2.45) is 0 Å². The molecule has 4 aromatic rings. The van der Waals surface area contributed by atoms with Crippen LogP contribution in [0.2, 0.25) is 0 Å². The normalized spacial score (nSPS) is 24.8. The molecule has 0 amide bonds. The molecule has 0 saturated carbocycles. The molecule has 2 aromatic heterocycles. The SMILES string of the molecule is O=C1OCCc2c(F)ccc3cc(O)cc(c23)-c2ncc3c(nc(OC[C@@]45CCCN4C[C@H](F)C5)nc3c2F)N2CCNCC(C2)O1. The fourth-order valence-corrected chi connectivity index (χ4v) is 7.65. The number of phenols is 1. The number of halogens is 3. The fourth-order valence-electron chi connectivity index (χ4n) is 7.65. The number of benzene rings is 2. The van der Waals surface area contributed by atoms with Gasteiger partial charge in [-0.3, -0.25) is 9.88 Å². The zero-order valence-electron chi connectivity index (χ0n) is 25.5. The van der Waals surface area contributed by atoms with Gasteiger partial charge in [-0.1, -0.05) is 6.07 Å². The van der Waals surface area contributed by atoms with E-state index in [4.69, 9.17) is 19.2 Å². The Morgan fingerprint density at radius 3 is 2.96 bits per heavy atom. The van der Waals surface area contributed by atoms with Crippen molar-refractivity contribution in [2.45, 2.75) is 43.5 Å². The minimum atomic E-state index is -0.954. The predicted octanol–water partition coefficient (Wildman–Crippen LogP) is 4.27. The van der Waals surface area contributed by atoms with Crippen molar-refractivity contribution in [1.82, 2.24) is 25.2 Å². The van der Waals surface area contributed by atoms with Gasteiger partial charge in [0.05, 0.1) is 24.1 Å². The zero-order chi connectivity index (χ0) is 32.3. The summed E-state index contributed by atoms with van der Waals surface area (Å²) in [6.45, 7) is 2.55. The summed E-state index contributed by atoms with van der Waals surface area (Å²) in [5, 5.41) is 14.9. The van der Waals surface area contributed by atoms with Gasteiger partial charge in [-0.05, 0) is 53.9 Å². The number of phenolic OH excluding ortho intramolecular Hbond substituents is 1. The van der Waals surface area contributed by atoms with E-state index >= 15 is 8.78 Å². The number of aromatic hydroxyl groups is 1. The summed E-state index contributed by atoms with van der Waals surface area (Å²) in [5.74, 6) is -1.24. The molecule has 47 heavy (non-hydrogen) atoms. The zero-order valence-corrected chi connectivity index (χ0v) is 25.5. The summed E-state index contributed by atoms with van der Waals surface area (Å²) in [6.07, 6.45) is 0.943. The van der Waals surface area contributed by atoms with E-state index in [-0.39, 0.29) is 65.7 Å². The lowest BCUT2D eigenvalue weighted by Gasteiger charge is -2.31. The average Bonchev–Trinajstić information content (AvgIpc) is 3.46. The molecule has 3 atom stereocenters. The molecular formula is C33H33F3N6O5. The summed E-state index contributed by atoms with van der Waals surface area (Å²) in [4.78, 5) is 30.5. The van der Waals surface area contributed by atoms with Crippen molar-refractivity contribution in [3.63, 3.8) is 0 Å². The van der Waals surface area contributed by atoms with Crippen LogP contribution in [-0.4, -0.2) is 101 Å². The molecule has 7 heterocycles. The monoisotopic (exact) mass is 650 g/mol. The number of anilines is 1. The maximum absolute atomic E-state index is 16.9. The van der Waals surface area contributed by atoms with Crippen molar-refractivity contribution in [3.8, 4) is 23.0 Å². The second kappa shape index (κ2) is 11.7. The van der Waals surface area contributed by atoms with Crippen LogP contribution in [0.4, 0.5) is 23.8 Å². The number of ether oxygens (including phenoxy) is 3. The molecule has 2 N–H and O–H groups in total. The Hall–Kier alpha value is -4.43. The van der Waals surface area contributed by atoms with E-state index in [1.165, 1.54) is 30.5 Å². The molecule has 0 aliphatic carbocycles. The molecule has 246 valence electrons. The van der Waals surface area contributed by atoms with Gasteiger partial charge >= 0.3 is 12.2 Å². The second-order valence-corrected chi connectivity index (χ2v) is 12.7. The molecule has 3 fully saturated rings. The molecule has 5 aliphatic heterocycles. The van der Waals surface area contributed by atoms with Gasteiger partial charge in [0.2, 0.25) is 0 Å². The van der Waals surface area contributed by atoms with Gasteiger partial charge in [0.15, 0.2) is 5.82 Å². The van der Waals surface area contributed by atoms with Crippen LogP contribution < -0.4 is 15.0 Å². The molecule has 9 rings (SSSR count). The van der Waals surface area contributed by atoms with Gasteiger partial charge in [-0.25, -0.2) is 18.0 Å². The van der Waals surface area contributed by atoms with E-state index in [1.54, 1.807) is 0 Å². The van der Waals surface area contributed by atoms with E-state index in [0.29, 0.717) is 49.2 Å². The second-order valence-electron chi connectivity index (χ2n) is 12.7. The number of rotatable bonds is 3. The number of fused-ring (bicyclic) bond motifs is 6. The molecule has 1 unspecified atom stereocenters. The van der Waals surface area contributed by atoms with Gasteiger partial charge < -0.3 is 29.5 Å². The first-order valence-electron chi connectivity index (χ1n) is 15.9. The summed E-state index contributed by atoms with van der Waals surface area (Å²) in [5.41, 5.74) is -0.413. The Morgan fingerprint density at radius 2 is 2.06 bits per heavy atom. The van der Waals surface area contributed by atoms with Crippen molar-refractivity contribution in [3.05, 3.63) is 47.7 Å². The summed E-state index contributed by atoms with van der Waals surface area (Å²) in [6, 6.07) is 5.42. The van der Waals surface area contributed by atoms with Crippen LogP contribution in [0, 0.1) is 11.6 Å². The van der Waals surface area contributed by atoms with Crippen molar-refractivity contribution in [1.29, 1.82) is 0 Å². The lowest BCUT2D eigenvalue weighted by atomic mass is 9.94. The van der Waals surface area contributed by atoms with Gasteiger partial charge in [0.25, 0.3) is 0 Å². The number of nitrogens with zero attached hydrogens (tertiary/aromatic N) is 5. The van der Waals surface area contributed by atoms with E-state index in [1.807, 2.05) is 4.90 Å². The van der Waals surface area contributed by atoms with Crippen LogP contribution in [0.3, 0.4) is 0 Å². The Morgan fingerprint density at radius 1 is 1.17 bits per heavy atom. The molecule has 0 radical (unpaired) electrons. The number of hydrogen-bond acceptors (Lipinski definition) is 11. The van der Waals surface area contributed by atoms with Crippen molar-refractivity contribution < 1.29 is 37.3 Å². The van der Waals surface area contributed by atoms with Crippen LogP contribution >= 0.6 is 0 Å². The highest BCUT2D eigenvalue weighted by atomic mass is 19.1. The third-order valence-corrected chi connectivity index (χ3v) is 9.77. The maximum Gasteiger partial charge on any atom is 0.508 e.